The Balaban J connectivity index is 2.29. The Hall–Kier alpha value is -1.34. The van der Waals surface area contributed by atoms with Gasteiger partial charge < -0.3 is 11.1 Å². The SMILES string of the molecule is CC(C)C(C)(CN)NC(=O)c1cnc2n(c1=O)CCS2. The first-order chi connectivity index (χ1) is 9.39. The molecule has 1 aromatic heterocycles. The van der Waals surface area contributed by atoms with Crippen molar-refractivity contribution in [3.05, 3.63) is 22.1 Å². The molecule has 20 heavy (non-hydrogen) atoms. The molecule has 0 saturated carbocycles. The average molecular weight is 296 g/mol. The second-order valence-electron chi connectivity index (χ2n) is 5.49. The summed E-state index contributed by atoms with van der Waals surface area (Å²) in [6.07, 6.45) is 1.36. The molecule has 0 saturated heterocycles. The number of amides is 1. The zero-order chi connectivity index (χ0) is 14.9. The molecule has 0 radical (unpaired) electrons. The van der Waals surface area contributed by atoms with Gasteiger partial charge in [0, 0.05) is 25.0 Å². The molecule has 6 nitrogen and oxygen atoms in total. The maximum atomic E-state index is 12.3. The van der Waals surface area contributed by atoms with Gasteiger partial charge in [-0.3, -0.25) is 14.2 Å². The van der Waals surface area contributed by atoms with Gasteiger partial charge in [0.25, 0.3) is 11.5 Å². The fraction of sp³-hybridized carbons (Fsp3) is 0.615. The Morgan fingerprint density at radius 3 is 2.95 bits per heavy atom. The van der Waals surface area contributed by atoms with E-state index in [1.165, 1.54) is 18.0 Å². The van der Waals surface area contributed by atoms with Crippen LogP contribution in [-0.4, -0.2) is 33.3 Å². The number of nitrogens with one attached hydrogen (secondary N) is 1. The molecule has 3 N–H and O–H groups in total. The highest BCUT2D eigenvalue weighted by molar-refractivity contribution is 7.99. The molecule has 0 bridgehead atoms. The van der Waals surface area contributed by atoms with Crippen molar-refractivity contribution < 1.29 is 4.79 Å². The van der Waals surface area contributed by atoms with Crippen LogP contribution in [0.3, 0.4) is 0 Å². The Kier molecular flexibility index (Phi) is 4.19. The molecule has 1 aliphatic rings. The fourth-order valence-corrected chi connectivity index (χ4v) is 2.84. The lowest BCUT2D eigenvalue weighted by atomic mass is 9.88. The Bertz CT molecular complexity index is 584. The molecule has 0 fully saturated rings. The minimum absolute atomic E-state index is 0.0802. The van der Waals surface area contributed by atoms with Gasteiger partial charge in [-0.25, -0.2) is 4.98 Å². The van der Waals surface area contributed by atoms with Crippen LogP contribution < -0.4 is 16.6 Å². The number of nitrogens with two attached hydrogens (primary N) is 1. The topological polar surface area (TPSA) is 90.0 Å². The Morgan fingerprint density at radius 2 is 2.35 bits per heavy atom. The number of rotatable bonds is 4. The van der Waals surface area contributed by atoms with Gasteiger partial charge in [-0.05, 0) is 12.8 Å². The minimum Gasteiger partial charge on any atom is -0.345 e. The van der Waals surface area contributed by atoms with E-state index in [-0.39, 0.29) is 17.0 Å². The predicted molar refractivity (Wildman–Crippen MR) is 79.0 cm³/mol. The molecule has 2 rings (SSSR count). The van der Waals surface area contributed by atoms with E-state index in [9.17, 15) is 9.59 Å². The van der Waals surface area contributed by atoms with Gasteiger partial charge in [-0.1, -0.05) is 25.6 Å². The second-order valence-corrected chi connectivity index (χ2v) is 6.55. The Morgan fingerprint density at radius 1 is 1.65 bits per heavy atom. The van der Waals surface area contributed by atoms with Crippen LogP contribution in [0.5, 0.6) is 0 Å². The van der Waals surface area contributed by atoms with Gasteiger partial charge in [-0.15, -0.1) is 0 Å². The molecule has 1 amide bonds. The first-order valence-corrected chi connectivity index (χ1v) is 7.63. The number of hydrogen-bond acceptors (Lipinski definition) is 5. The third-order valence-electron chi connectivity index (χ3n) is 3.90. The van der Waals surface area contributed by atoms with E-state index in [1.807, 2.05) is 20.8 Å². The third-order valence-corrected chi connectivity index (χ3v) is 4.87. The van der Waals surface area contributed by atoms with Gasteiger partial charge in [-0.2, -0.15) is 0 Å². The first kappa shape index (κ1) is 15.1. The van der Waals surface area contributed by atoms with Crippen molar-refractivity contribution in [3.63, 3.8) is 0 Å². The lowest BCUT2D eigenvalue weighted by Gasteiger charge is -2.33. The third kappa shape index (κ3) is 2.60. The summed E-state index contributed by atoms with van der Waals surface area (Å²) >= 11 is 1.53. The summed E-state index contributed by atoms with van der Waals surface area (Å²) in [5.41, 5.74) is 5.01. The number of carbonyl (C=O) groups excluding carboxylic acids is 1. The minimum atomic E-state index is -0.540. The highest BCUT2D eigenvalue weighted by Gasteiger charge is 2.30. The van der Waals surface area contributed by atoms with Crippen molar-refractivity contribution in [2.24, 2.45) is 11.7 Å². The van der Waals surface area contributed by atoms with Crippen molar-refractivity contribution in [1.29, 1.82) is 0 Å². The normalized spacial score (nSPS) is 16.9. The summed E-state index contributed by atoms with van der Waals surface area (Å²) < 4.78 is 1.55. The zero-order valence-corrected chi connectivity index (χ0v) is 12.8. The van der Waals surface area contributed by atoms with Crippen LogP contribution in [0.4, 0.5) is 0 Å². The van der Waals surface area contributed by atoms with Crippen molar-refractivity contribution in [3.8, 4) is 0 Å². The number of fused-ring (bicyclic) bond motifs is 1. The molecule has 1 aliphatic heterocycles. The summed E-state index contributed by atoms with van der Waals surface area (Å²) in [7, 11) is 0. The van der Waals surface area contributed by atoms with Gasteiger partial charge in [0.1, 0.15) is 5.56 Å². The lowest BCUT2D eigenvalue weighted by molar-refractivity contribution is 0.0880. The molecule has 1 unspecified atom stereocenters. The summed E-state index contributed by atoms with van der Waals surface area (Å²) in [5, 5.41) is 3.54. The van der Waals surface area contributed by atoms with E-state index in [0.717, 1.165) is 5.75 Å². The van der Waals surface area contributed by atoms with Gasteiger partial charge >= 0.3 is 0 Å². The fourth-order valence-electron chi connectivity index (χ4n) is 1.93. The molecule has 1 atom stereocenters. The molecular formula is C13H20N4O2S. The largest absolute Gasteiger partial charge is 0.345 e. The smallest absolute Gasteiger partial charge is 0.267 e. The van der Waals surface area contributed by atoms with Gasteiger partial charge in [0.2, 0.25) is 0 Å². The molecule has 0 aromatic carbocycles. The van der Waals surface area contributed by atoms with Crippen molar-refractivity contribution in [1.82, 2.24) is 14.9 Å². The van der Waals surface area contributed by atoms with E-state index in [1.54, 1.807) is 4.57 Å². The summed E-state index contributed by atoms with van der Waals surface area (Å²) in [6.45, 7) is 6.76. The van der Waals surface area contributed by atoms with Crippen LogP contribution in [0.2, 0.25) is 0 Å². The maximum absolute atomic E-state index is 12.3. The van der Waals surface area contributed by atoms with Crippen LogP contribution in [0.1, 0.15) is 31.1 Å². The number of hydrogen-bond donors (Lipinski definition) is 2. The maximum Gasteiger partial charge on any atom is 0.267 e. The molecular weight excluding hydrogens is 276 g/mol. The molecule has 0 spiro atoms. The van der Waals surface area contributed by atoms with Crippen LogP contribution >= 0.6 is 11.8 Å². The molecule has 2 heterocycles. The van der Waals surface area contributed by atoms with E-state index >= 15 is 0 Å². The van der Waals surface area contributed by atoms with E-state index in [4.69, 9.17) is 5.73 Å². The summed E-state index contributed by atoms with van der Waals surface area (Å²) in [4.78, 5) is 28.8. The number of aromatic nitrogens is 2. The van der Waals surface area contributed by atoms with Crippen molar-refractivity contribution in [2.45, 2.75) is 38.0 Å². The van der Waals surface area contributed by atoms with Gasteiger partial charge in [0.15, 0.2) is 5.16 Å². The van der Waals surface area contributed by atoms with E-state index in [2.05, 4.69) is 10.3 Å². The standard InChI is InChI=1S/C13H20N4O2S/c1-8(2)13(3,7-14)16-10(18)9-6-15-12-17(11(9)19)4-5-20-12/h6,8H,4-5,7,14H2,1-3H3,(H,16,18). The second kappa shape index (κ2) is 5.57. The zero-order valence-electron chi connectivity index (χ0n) is 12.0. The van der Waals surface area contributed by atoms with Crippen molar-refractivity contribution >= 4 is 17.7 Å². The van der Waals surface area contributed by atoms with Crippen LogP contribution in [0, 0.1) is 5.92 Å². The predicted octanol–water partition coefficient (Wildman–Crippen LogP) is 0.452. The van der Waals surface area contributed by atoms with Gasteiger partial charge in [0.05, 0.1) is 5.54 Å². The lowest BCUT2D eigenvalue weighted by Crippen LogP contribution is -2.55. The quantitative estimate of drug-likeness (QED) is 0.788. The molecule has 0 aliphatic carbocycles. The van der Waals surface area contributed by atoms with Crippen LogP contribution in [0.25, 0.3) is 0 Å². The molecule has 7 heteroatoms. The summed E-state index contributed by atoms with van der Waals surface area (Å²) in [6, 6.07) is 0. The van der Waals surface area contributed by atoms with Crippen LogP contribution in [0.15, 0.2) is 16.1 Å². The molecule has 110 valence electrons. The highest BCUT2D eigenvalue weighted by Crippen LogP contribution is 2.21. The Labute approximate surface area is 122 Å². The monoisotopic (exact) mass is 296 g/mol. The highest BCUT2D eigenvalue weighted by atomic mass is 32.2. The van der Waals surface area contributed by atoms with Crippen molar-refractivity contribution in [2.75, 3.05) is 12.3 Å². The molecule has 1 aromatic rings. The average Bonchev–Trinajstić information content (AvgIpc) is 2.87. The number of nitrogens with zero attached hydrogens (tertiary/aromatic N) is 2. The number of thioether (sulfide) groups is 1. The van der Waals surface area contributed by atoms with Crippen LogP contribution in [-0.2, 0) is 6.54 Å². The number of carbonyl (C=O) groups is 1. The van der Waals surface area contributed by atoms with E-state index in [0.29, 0.717) is 18.2 Å². The first-order valence-electron chi connectivity index (χ1n) is 6.64. The summed E-state index contributed by atoms with van der Waals surface area (Å²) in [5.74, 6) is 0.577. The van der Waals surface area contributed by atoms with E-state index < -0.39 is 11.4 Å².